The number of aryl methyl sites for hydroxylation is 2. The van der Waals surface area contributed by atoms with Gasteiger partial charge in [0.2, 0.25) is 0 Å². The van der Waals surface area contributed by atoms with E-state index in [1.54, 1.807) is 11.3 Å². The number of pyridine rings is 1. The summed E-state index contributed by atoms with van der Waals surface area (Å²) in [7, 11) is 0. The fourth-order valence-corrected chi connectivity index (χ4v) is 3.09. The number of hydrogen-bond acceptors (Lipinski definition) is 4. The van der Waals surface area contributed by atoms with E-state index >= 15 is 0 Å². The van der Waals surface area contributed by atoms with Gasteiger partial charge in [-0.25, -0.2) is 4.98 Å². The molecule has 0 saturated carbocycles. The molecule has 2 unspecified atom stereocenters. The molecule has 4 heteroatoms. The predicted octanol–water partition coefficient (Wildman–Crippen LogP) is 3.57. The largest absolute Gasteiger partial charge is 0.303 e. The molecule has 0 spiro atoms. The molecular weight excluding hydrogens is 242 g/mol. The highest BCUT2D eigenvalue weighted by atomic mass is 32.1. The van der Waals surface area contributed by atoms with Crippen molar-refractivity contribution in [2.45, 2.75) is 39.8 Å². The maximum absolute atomic E-state index is 4.48. The minimum atomic E-state index is 0.310. The van der Waals surface area contributed by atoms with E-state index in [1.165, 1.54) is 10.4 Å². The van der Waals surface area contributed by atoms with E-state index < -0.39 is 0 Å². The van der Waals surface area contributed by atoms with E-state index in [9.17, 15) is 0 Å². The molecule has 0 aliphatic carbocycles. The third-order valence-electron chi connectivity index (χ3n) is 3.04. The molecule has 0 amide bonds. The lowest BCUT2D eigenvalue weighted by Gasteiger charge is -2.19. The standard InChI is InChI=1S/C14H19N3S/c1-9(13-5-7-15-8-6-13)16-10(2)14-11(3)17-12(4)18-14/h5-10,16H,1-4H3. The van der Waals surface area contributed by atoms with Gasteiger partial charge in [0, 0.05) is 29.4 Å². The van der Waals surface area contributed by atoms with Crippen molar-refractivity contribution in [1.29, 1.82) is 0 Å². The van der Waals surface area contributed by atoms with Crippen LogP contribution >= 0.6 is 11.3 Å². The Hall–Kier alpha value is -1.26. The third kappa shape index (κ3) is 2.94. The quantitative estimate of drug-likeness (QED) is 0.914. The van der Waals surface area contributed by atoms with Crippen molar-refractivity contribution >= 4 is 11.3 Å². The van der Waals surface area contributed by atoms with Crippen molar-refractivity contribution < 1.29 is 0 Å². The van der Waals surface area contributed by atoms with Crippen LogP contribution in [0.2, 0.25) is 0 Å². The average molecular weight is 261 g/mol. The molecule has 0 saturated heterocycles. The summed E-state index contributed by atoms with van der Waals surface area (Å²) in [6.07, 6.45) is 3.67. The molecule has 2 aromatic rings. The minimum absolute atomic E-state index is 0.310. The molecule has 0 radical (unpaired) electrons. The second-order valence-electron chi connectivity index (χ2n) is 4.57. The molecule has 2 heterocycles. The van der Waals surface area contributed by atoms with Gasteiger partial charge < -0.3 is 5.32 Å². The van der Waals surface area contributed by atoms with Gasteiger partial charge in [0.25, 0.3) is 0 Å². The SMILES string of the molecule is Cc1nc(C)c(C(C)NC(C)c2ccncc2)s1. The Bertz CT molecular complexity index is 507. The summed E-state index contributed by atoms with van der Waals surface area (Å²) in [4.78, 5) is 9.85. The first kappa shape index (κ1) is 13.2. The first-order chi connectivity index (χ1) is 8.58. The van der Waals surface area contributed by atoms with Gasteiger partial charge in [-0.3, -0.25) is 4.98 Å². The van der Waals surface area contributed by atoms with Crippen LogP contribution in [0.15, 0.2) is 24.5 Å². The van der Waals surface area contributed by atoms with Crippen molar-refractivity contribution in [3.05, 3.63) is 45.7 Å². The maximum atomic E-state index is 4.48. The van der Waals surface area contributed by atoms with Crippen LogP contribution in [-0.2, 0) is 0 Å². The maximum Gasteiger partial charge on any atom is 0.0900 e. The highest BCUT2D eigenvalue weighted by Gasteiger charge is 2.15. The average Bonchev–Trinajstić information content (AvgIpc) is 2.69. The normalized spacial score (nSPS) is 14.4. The molecule has 2 aromatic heterocycles. The molecule has 18 heavy (non-hydrogen) atoms. The smallest absolute Gasteiger partial charge is 0.0900 e. The van der Waals surface area contributed by atoms with Gasteiger partial charge in [-0.05, 0) is 45.4 Å². The molecule has 0 aliphatic heterocycles. The van der Waals surface area contributed by atoms with Crippen LogP contribution in [0.1, 0.15) is 47.1 Å². The second-order valence-corrected chi connectivity index (χ2v) is 5.81. The molecule has 96 valence electrons. The molecular formula is C14H19N3S. The van der Waals surface area contributed by atoms with Crippen LogP contribution in [0.4, 0.5) is 0 Å². The molecule has 0 fully saturated rings. The topological polar surface area (TPSA) is 37.8 Å². The Balaban J connectivity index is 2.08. The molecule has 0 aromatic carbocycles. The summed E-state index contributed by atoms with van der Waals surface area (Å²) in [6, 6.07) is 4.73. The van der Waals surface area contributed by atoms with Gasteiger partial charge in [0.1, 0.15) is 0 Å². The van der Waals surface area contributed by atoms with Crippen molar-refractivity contribution in [3.8, 4) is 0 Å². The summed E-state index contributed by atoms with van der Waals surface area (Å²) >= 11 is 1.77. The van der Waals surface area contributed by atoms with Crippen LogP contribution in [0, 0.1) is 13.8 Å². The Labute approximate surface area is 112 Å². The monoisotopic (exact) mass is 261 g/mol. The van der Waals surface area contributed by atoms with Crippen LogP contribution in [0.25, 0.3) is 0 Å². The van der Waals surface area contributed by atoms with Crippen LogP contribution in [0.5, 0.6) is 0 Å². The zero-order chi connectivity index (χ0) is 13.1. The van der Waals surface area contributed by atoms with Gasteiger partial charge in [-0.1, -0.05) is 0 Å². The van der Waals surface area contributed by atoms with E-state index in [-0.39, 0.29) is 0 Å². The number of nitrogens with zero attached hydrogens (tertiary/aromatic N) is 2. The summed E-state index contributed by atoms with van der Waals surface area (Å²) < 4.78 is 0. The van der Waals surface area contributed by atoms with Gasteiger partial charge in [0.05, 0.1) is 10.7 Å². The molecule has 3 nitrogen and oxygen atoms in total. The summed E-state index contributed by atoms with van der Waals surface area (Å²) in [5.74, 6) is 0. The van der Waals surface area contributed by atoms with Crippen molar-refractivity contribution in [1.82, 2.24) is 15.3 Å². The molecule has 1 N–H and O–H groups in total. The van der Waals surface area contributed by atoms with Gasteiger partial charge in [-0.2, -0.15) is 0 Å². The van der Waals surface area contributed by atoms with Crippen molar-refractivity contribution in [2.24, 2.45) is 0 Å². The fourth-order valence-electron chi connectivity index (χ4n) is 2.15. The van der Waals surface area contributed by atoms with E-state index in [2.05, 4.69) is 55.1 Å². The highest BCUT2D eigenvalue weighted by molar-refractivity contribution is 7.11. The number of nitrogens with one attached hydrogen (secondary N) is 1. The molecule has 2 atom stereocenters. The Morgan fingerprint density at radius 3 is 2.33 bits per heavy atom. The summed E-state index contributed by atoms with van der Waals surface area (Å²) in [5, 5.41) is 4.74. The highest BCUT2D eigenvalue weighted by Crippen LogP contribution is 2.26. The molecule has 0 aliphatic rings. The van der Waals surface area contributed by atoms with Crippen LogP contribution in [-0.4, -0.2) is 9.97 Å². The zero-order valence-corrected chi connectivity index (χ0v) is 12.1. The number of thiazole rings is 1. The Morgan fingerprint density at radius 1 is 1.11 bits per heavy atom. The Kier molecular flexibility index (Phi) is 4.09. The number of aromatic nitrogens is 2. The first-order valence-corrected chi connectivity index (χ1v) is 6.99. The van der Waals surface area contributed by atoms with Gasteiger partial charge >= 0.3 is 0 Å². The predicted molar refractivity (Wildman–Crippen MR) is 75.8 cm³/mol. The lowest BCUT2D eigenvalue weighted by molar-refractivity contribution is 0.498. The second kappa shape index (κ2) is 5.59. The number of rotatable bonds is 4. The van der Waals surface area contributed by atoms with Gasteiger partial charge in [0.15, 0.2) is 0 Å². The summed E-state index contributed by atoms with van der Waals surface area (Å²) in [5.41, 5.74) is 2.40. The molecule has 2 rings (SSSR count). The minimum Gasteiger partial charge on any atom is -0.303 e. The lowest BCUT2D eigenvalue weighted by Crippen LogP contribution is -2.22. The van der Waals surface area contributed by atoms with E-state index in [4.69, 9.17) is 0 Å². The van der Waals surface area contributed by atoms with Crippen LogP contribution in [0.3, 0.4) is 0 Å². The fraction of sp³-hybridized carbons (Fsp3) is 0.429. The van der Waals surface area contributed by atoms with Gasteiger partial charge in [-0.15, -0.1) is 11.3 Å². The van der Waals surface area contributed by atoms with Crippen LogP contribution < -0.4 is 5.32 Å². The van der Waals surface area contributed by atoms with E-state index in [0.29, 0.717) is 12.1 Å². The first-order valence-electron chi connectivity index (χ1n) is 6.18. The van der Waals surface area contributed by atoms with Crippen molar-refractivity contribution in [3.63, 3.8) is 0 Å². The third-order valence-corrected chi connectivity index (χ3v) is 4.29. The number of hydrogen-bond donors (Lipinski definition) is 1. The van der Waals surface area contributed by atoms with Crippen molar-refractivity contribution in [2.75, 3.05) is 0 Å². The zero-order valence-electron chi connectivity index (χ0n) is 11.3. The van der Waals surface area contributed by atoms with E-state index in [0.717, 1.165) is 10.7 Å². The summed E-state index contributed by atoms with van der Waals surface area (Å²) in [6.45, 7) is 8.50. The van der Waals surface area contributed by atoms with E-state index in [1.807, 2.05) is 12.4 Å². The lowest BCUT2D eigenvalue weighted by atomic mass is 10.1. The molecule has 0 bridgehead atoms. The Morgan fingerprint density at radius 2 is 1.78 bits per heavy atom.